The van der Waals surface area contributed by atoms with E-state index < -0.39 is 0 Å². The molecule has 1 aromatic heterocycles. The fraction of sp³-hybridized carbons (Fsp3) is 0.278. The van der Waals surface area contributed by atoms with Crippen LogP contribution in [0.2, 0.25) is 5.02 Å². The lowest BCUT2D eigenvalue weighted by Crippen LogP contribution is -2.42. The quantitative estimate of drug-likeness (QED) is 0.803. The smallest absolute Gasteiger partial charge is 0.246 e. The molecule has 3 rings (SSSR count). The fourth-order valence-electron chi connectivity index (χ4n) is 2.78. The summed E-state index contributed by atoms with van der Waals surface area (Å²) in [5, 5.41) is 0.573. The van der Waals surface area contributed by atoms with E-state index in [1.807, 2.05) is 31.2 Å². The van der Waals surface area contributed by atoms with Crippen LogP contribution in [0.3, 0.4) is 0 Å². The van der Waals surface area contributed by atoms with Gasteiger partial charge in [-0.25, -0.2) is 9.97 Å². The number of hydrogen-bond donors (Lipinski definition) is 0. The van der Waals surface area contributed by atoms with Crippen molar-refractivity contribution in [3.05, 3.63) is 59.4 Å². The summed E-state index contributed by atoms with van der Waals surface area (Å²) in [5.41, 5.74) is 2.60. The number of carbonyl (C=O) groups is 1. The Labute approximate surface area is 145 Å². The van der Waals surface area contributed by atoms with Gasteiger partial charge in [0.1, 0.15) is 0 Å². The van der Waals surface area contributed by atoms with Gasteiger partial charge < -0.3 is 9.64 Å². The topological polar surface area (TPSA) is 55.3 Å². The number of carbonyl (C=O) groups excluding carboxylic acids is 1. The molecule has 1 aromatic carbocycles. The van der Waals surface area contributed by atoms with Gasteiger partial charge in [-0.05, 0) is 42.8 Å². The first kappa shape index (κ1) is 16.6. The number of nitrogens with zero attached hydrogens (tertiary/aromatic N) is 3. The molecule has 0 saturated carbocycles. The largest absolute Gasteiger partial charge is 0.377 e. The highest BCUT2D eigenvalue weighted by Gasteiger charge is 2.28. The number of ether oxygens (including phenoxy) is 1. The number of hydrogen-bond acceptors (Lipinski definition) is 4. The van der Waals surface area contributed by atoms with Gasteiger partial charge in [0.15, 0.2) is 5.82 Å². The summed E-state index contributed by atoms with van der Waals surface area (Å²) in [5.74, 6) is 0.494. The summed E-state index contributed by atoms with van der Waals surface area (Å²) >= 11 is 6.30. The number of benzene rings is 1. The molecule has 0 spiro atoms. The molecule has 1 fully saturated rings. The number of rotatable bonds is 3. The zero-order valence-corrected chi connectivity index (χ0v) is 14.2. The molecule has 1 amide bonds. The molecule has 0 bridgehead atoms. The zero-order valence-electron chi connectivity index (χ0n) is 13.4. The molecule has 0 radical (unpaired) electrons. The van der Waals surface area contributed by atoms with Crippen LogP contribution in [-0.4, -0.2) is 40.5 Å². The van der Waals surface area contributed by atoms with Crippen molar-refractivity contribution in [2.75, 3.05) is 19.8 Å². The van der Waals surface area contributed by atoms with Crippen LogP contribution in [0.1, 0.15) is 17.3 Å². The Morgan fingerprint density at radius 1 is 1.46 bits per heavy atom. The number of aromatic nitrogens is 2. The lowest BCUT2D eigenvalue weighted by atomic mass is 10.0. The second-order valence-electron chi connectivity index (χ2n) is 5.62. The van der Waals surface area contributed by atoms with E-state index in [1.165, 1.54) is 6.08 Å². The molecule has 0 aliphatic carbocycles. The third-order valence-electron chi connectivity index (χ3n) is 3.94. The second-order valence-corrected chi connectivity index (χ2v) is 6.06. The SMILES string of the molecule is C=CC(=O)N1CCOC[C@H]1c1cc(Cl)cc(-c2nccc(C)n2)c1. The van der Waals surface area contributed by atoms with E-state index in [0.29, 0.717) is 30.6 Å². The minimum atomic E-state index is -0.202. The van der Waals surface area contributed by atoms with Crippen LogP contribution >= 0.6 is 11.6 Å². The van der Waals surface area contributed by atoms with Crippen molar-refractivity contribution in [1.29, 1.82) is 0 Å². The normalized spacial score (nSPS) is 17.6. The summed E-state index contributed by atoms with van der Waals surface area (Å²) < 4.78 is 5.56. The van der Waals surface area contributed by atoms with Gasteiger partial charge in [-0.2, -0.15) is 0 Å². The van der Waals surface area contributed by atoms with Crippen LogP contribution in [0, 0.1) is 6.92 Å². The van der Waals surface area contributed by atoms with Crippen molar-refractivity contribution >= 4 is 17.5 Å². The van der Waals surface area contributed by atoms with Crippen molar-refractivity contribution in [2.24, 2.45) is 0 Å². The van der Waals surface area contributed by atoms with E-state index in [1.54, 1.807) is 11.1 Å². The van der Waals surface area contributed by atoms with Gasteiger partial charge in [-0.1, -0.05) is 18.2 Å². The minimum Gasteiger partial charge on any atom is -0.377 e. The Hall–Kier alpha value is -2.24. The molecule has 6 heteroatoms. The lowest BCUT2D eigenvalue weighted by Gasteiger charge is -2.35. The average Bonchev–Trinajstić information content (AvgIpc) is 2.60. The maximum absolute atomic E-state index is 12.1. The molecular formula is C18H18ClN3O2. The molecular weight excluding hydrogens is 326 g/mol. The highest BCUT2D eigenvalue weighted by atomic mass is 35.5. The molecule has 0 N–H and O–H groups in total. The summed E-state index contributed by atoms with van der Waals surface area (Å²) in [6, 6.07) is 7.27. The molecule has 5 nitrogen and oxygen atoms in total. The number of halogens is 1. The molecule has 24 heavy (non-hydrogen) atoms. The van der Waals surface area contributed by atoms with Gasteiger partial charge in [0, 0.05) is 29.0 Å². The Morgan fingerprint density at radius 2 is 2.29 bits per heavy atom. The third-order valence-corrected chi connectivity index (χ3v) is 4.16. The van der Waals surface area contributed by atoms with E-state index in [4.69, 9.17) is 16.3 Å². The number of morpholine rings is 1. The van der Waals surface area contributed by atoms with Gasteiger partial charge in [0.05, 0.1) is 19.3 Å². The van der Waals surface area contributed by atoms with E-state index in [0.717, 1.165) is 16.8 Å². The van der Waals surface area contributed by atoms with Gasteiger partial charge in [-0.3, -0.25) is 4.79 Å². The van der Waals surface area contributed by atoms with Crippen molar-refractivity contribution < 1.29 is 9.53 Å². The maximum Gasteiger partial charge on any atom is 0.246 e. The predicted molar refractivity (Wildman–Crippen MR) is 92.7 cm³/mol. The second kappa shape index (κ2) is 7.11. The van der Waals surface area contributed by atoms with Crippen LogP contribution in [0.15, 0.2) is 43.1 Å². The molecule has 2 heterocycles. The third kappa shape index (κ3) is 3.47. The maximum atomic E-state index is 12.1. The first-order chi connectivity index (χ1) is 11.6. The lowest BCUT2D eigenvalue weighted by molar-refractivity contribution is -0.134. The van der Waals surface area contributed by atoms with E-state index in [9.17, 15) is 4.79 Å². The molecule has 124 valence electrons. The van der Waals surface area contributed by atoms with Crippen LogP contribution in [0.4, 0.5) is 0 Å². The molecule has 1 atom stereocenters. The Bertz CT molecular complexity index is 779. The van der Waals surface area contributed by atoms with Crippen LogP contribution in [0.25, 0.3) is 11.4 Å². The molecule has 1 aliphatic heterocycles. The van der Waals surface area contributed by atoms with Crippen molar-refractivity contribution in [2.45, 2.75) is 13.0 Å². The van der Waals surface area contributed by atoms with E-state index in [2.05, 4.69) is 16.5 Å². The summed E-state index contributed by atoms with van der Waals surface area (Å²) in [7, 11) is 0. The zero-order chi connectivity index (χ0) is 17.1. The van der Waals surface area contributed by atoms with Gasteiger partial charge in [0.25, 0.3) is 0 Å². The Kier molecular flexibility index (Phi) is 4.92. The average molecular weight is 344 g/mol. The number of amides is 1. The molecule has 0 unspecified atom stereocenters. The summed E-state index contributed by atoms with van der Waals surface area (Å²) in [6.45, 7) is 6.96. The van der Waals surface area contributed by atoms with Crippen LogP contribution in [0.5, 0.6) is 0 Å². The van der Waals surface area contributed by atoms with E-state index in [-0.39, 0.29) is 11.9 Å². The summed E-state index contributed by atoms with van der Waals surface area (Å²) in [4.78, 5) is 22.6. The molecule has 1 aliphatic rings. The van der Waals surface area contributed by atoms with Crippen molar-refractivity contribution in [3.63, 3.8) is 0 Å². The Balaban J connectivity index is 2.01. The summed E-state index contributed by atoms with van der Waals surface area (Å²) in [6.07, 6.45) is 3.04. The minimum absolute atomic E-state index is 0.114. The number of aryl methyl sites for hydroxylation is 1. The standard InChI is InChI=1S/C18H18ClN3O2/c1-3-17(23)22-6-7-24-11-16(22)13-8-14(10-15(19)9-13)18-20-5-4-12(2)21-18/h3-5,8-10,16H,1,6-7,11H2,2H3/t16-/m0/s1. The molecule has 2 aromatic rings. The highest BCUT2D eigenvalue weighted by Crippen LogP contribution is 2.30. The fourth-order valence-corrected chi connectivity index (χ4v) is 3.03. The predicted octanol–water partition coefficient (Wildman–Crippen LogP) is 3.19. The van der Waals surface area contributed by atoms with Crippen molar-refractivity contribution in [3.8, 4) is 11.4 Å². The van der Waals surface area contributed by atoms with Gasteiger partial charge >= 0.3 is 0 Å². The highest BCUT2D eigenvalue weighted by molar-refractivity contribution is 6.30. The van der Waals surface area contributed by atoms with Crippen LogP contribution in [-0.2, 0) is 9.53 Å². The first-order valence-corrected chi connectivity index (χ1v) is 8.07. The van der Waals surface area contributed by atoms with Gasteiger partial charge in [-0.15, -0.1) is 0 Å². The van der Waals surface area contributed by atoms with E-state index >= 15 is 0 Å². The van der Waals surface area contributed by atoms with Crippen molar-refractivity contribution in [1.82, 2.24) is 14.9 Å². The van der Waals surface area contributed by atoms with Gasteiger partial charge in [0.2, 0.25) is 5.91 Å². The molecule has 1 saturated heterocycles. The monoisotopic (exact) mass is 343 g/mol. The Morgan fingerprint density at radius 3 is 3.04 bits per heavy atom. The first-order valence-electron chi connectivity index (χ1n) is 7.70. The van der Waals surface area contributed by atoms with Crippen LogP contribution < -0.4 is 0 Å².